The lowest BCUT2D eigenvalue weighted by atomic mass is 9.99. The fourth-order valence-electron chi connectivity index (χ4n) is 2.07. The van der Waals surface area contributed by atoms with E-state index in [0.717, 1.165) is 6.42 Å². The quantitative estimate of drug-likeness (QED) is 0.788. The van der Waals surface area contributed by atoms with Crippen molar-refractivity contribution in [2.24, 2.45) is 5.92 Å². The zero-order valence-corrected chi connectivity index (χ0v) is 10.9. The summed E-state index contributed by atoms with van der Waals surface area (Å²) in [5.41, 5.74) is 1.41. The molecule has 5 nitrogen and oxygen atoms in total. The number of hydrogen-bond acceptors (Lipinski definition) is 2. The molecule has 3 N–H and O–H groups in total. The molecule has 0 amide bonds. The number of nitrogens with one attached hydrogen (secondary N) is 2. The minimum Gasteiger partial charge on any atom is -0.477 e. The van der Waals surface area contributed by atoms with Gasteiger partial charge in [-0.25, -0.2) is 4.79 Å². The third-order valence-corrected chi connectivity index (χ3v) is 2.88. The first-order valence-corrected chi connectivity index (χ1v) is 6.12. The summed E-state index contributed by atoms with van der Waals surface area (Å²) in [6, 6.07) is 7.41. The monoisotopic (exact) mass is 260 g/mol. The summed E-state index contributed by atoms with van der Waals surface area (Å²) in [7, 11) is 0. The fourth-order valence-corrected chi connectivity index (χ4v) is 2.07. The molecule has 0 aliphatic heterocycles. The molecule has 5 heteroatoms. The van der Waals surface area contributed by atoms with Gasteiger partial charge in [-0.2, -0.15) is 0 Å². The van der Waals surface area contributed by atoms with Crippen molar-refractivity contribution in [1.29, 1.82) is 0 Å². The summed E-state index contributed by atoms with van der Waals surface area (Å²) >= 11 is 0. The highest BCUT2D eigenvalue weighted by molar-refractivity contribution is 5.93. The first-order chi connectivity index (χ1) is 8.99. The van der Waals surface area contributed by atoms with Crippen LogP contribution in [0.3, 0.4) is 0 Å². The third-order valence-electron chi connectivity index (χ3n) is 2.88. The number of H-pyrrole nitrogens is 2. The van der Waals surface area contributed by atoms with Gasteiger partial charge in [0.1, 0.15) is 0 Å². The second-order valence-electron chi connectivity index (χ2n) is 4.93. The maximum atomic E-state index is 11.7. The van der Waals surface area contributed by atoms with Gasteiger partial charge in [0.2, 0.25) is 0 Å². The largest absolute Gasteiger partial charge is 0.477 e. The molecule has 1 aromatic carbocycles. The molecule has 0 fully saturated rings. The number of hydrogen-bond donors (Lipinski definition) is 3. The molecule has 0 aliphatic carbocycles. The number of rotatable bonds is 4. The Morgan fingerprint density at radius 3 is 2.37 bits per heavy atom. The van der Waals surface area contributed by atoms with E-state index in [-0.39, 0.29) is 11.3 Å². The molecule has 1 aromatic heterocycles. The normalized spacial score (nSPS) is 10.9. The van der Waals surface area contributed by atoms with Gasteiger partial charge in [0.25, 0.3) is 5.56 Å². The smallest absolute Gasteiger partial charge is 0.354 e. The molecule has 2 aromatic rings. The van der Waals surface area contributed by atoms with Crippen molar-refractivity contribution in [3.05, 3.63) is 45.9 Å². The molecule has 0 bridgehead atoms. The second kappa shape index (κ2) is 5.14. The van der Waals surface area contributed by atoms with E-state index in [4.69, 9.17) is 5.11 Å². The van der Waals surface area contributed by atoms with E-state index in [1.54, 1.807) is 12.1 Å². The Hall–Kier alpha value is -2.30. The molecule has 0 spiro atoms. The van der Waals surface area contributed by atoms with Crippen LogP contribution in [-0.4, -0.2) is 21.3 Å². The Bertz CT molecular complexity index is 635. The van der Waals surface area contributed by atoms with Gasteiger partial charge in [-0.15, -0.1) is 0 Å². The molecule has 0 atom stereocenters. The number of aromatic amines is 2. The van der Waals surface area contributed by atoms with Crippen LogP contribution < -0.4 is 5.56 Å². The lowest BCUT2D eigenvalue weighted by molar-refractivity contribution is 0.0691. The van der Waals surface area contributed by atoms with Crippen LogP contribution in [0.5, 0.6) is 0 Å². The lowest BCUT2D eigenvalue weighted by Gasteiger charge is -2.05. The van der Waals surface area contributed by atoms with Crippen LogP contribution in [0.4, 0.5) is 0 Å². The SMILES string of the molecule is CC(C)Cc1ccc(-c2c(C(=O)O)[nH][nH]c2=O)cc1. The molecule has 19 heavy (non-hydrogen) atoms. The van der Waals surface area contributed by atoms with Crippen LogP contribution >= 0.6 is 0 Å². The Kier molecular flexibility index (Phi) is 3.55. The molecular formula is C14H16N2O3. The summed E-state index contributed by atoms with van der Waals surface area (Å²) in [4.78, 5) is 22.7. The fraction of sp³-hybridized carbons (Fsp3) is 0.286. The average molecular weight is 260 g/mol. The van der Waals surface area contributed by atoms with Crippen LogP contribution in [0.2, 0.25) is 0 Å². The molecule has 0 unspecified atom stereocenters. The number of aromatic nitrogens is 2. The van der Waals surface area contributed by atoms with Crippen molar-refractivity contribution >= 4 is 5.97 Å². The number of carbonyl (C=O) groups is 1. The predicted octanol–water partition coefficient (Wildman–Crippen LogP) is 2.27. The Labute approximate surface area is 110 Å². The summed E-state index contributed by atoms with van der Waals surface area (Å²) in [6.07, 6.45) is 0.954. The van der Waals surface area contributed by atoms with Crippen LogP contribution in [0, 0.1) is 5.92 Å². The molecule has 100 valence electrons. The molecular weight excluding hydrogens is 244 g/mol. The van der Waals surface area contributed by atoms with Gasteiger partial charge in [0.05, 0.1) is 5.56 Å². The first-order valence-electron chi connectivity index (χ1n) is 6.12. The van der Waals surface area contributed by atoms with Crippen LogP contribution in [0.1, 0.15) is 29.9 Å². The van der Waals surface area contributed by atoms with Gasteiger partial charge < -0.3 is 5.11 Å². The molecule has 0 radical (unpaired) electrons. The van der Waals surface area contributed by atoms with Crippen molar-refractivity contribution in [3.63, 3.8) is 0 Å². The lowest BCUT2D eigenvalue weighted by Crippen LogP contribution is -2.05. The van der Waals surface area contributed by atoms with Gasteiger partial charge >= 0.3 is 5.97 Å². The summed E-state index contributed by atoms with van der Waals surface area (Å²) < 4.78 is 0. The molecule has 1 heterocycles. The highest BCUT2D eigenvalue weighted by Crippen LogP contribution is 2.20. The van der Waals surface area contributed by atoms with E-state index < -0.39 is 11.5 Å². The Morgan fingerprint density at radius 1 is 1.21 bits per heavy atom. The predicted molar refractivity (Wildman–Crippen MR) is 72.4 cm³/mol. The van der Waals surface area contributed by atoms with E-state index in [1.807, 2.05) is 12.1 Å². The topological polar surface area (TPSA) is 85.9 Å². The van der Waals surface area contributed by atoms with E-state index in [9.17, 15) is 9.59 Å². The third kappa shape index (κ3) is 2.76. The van der Waals surface area contributed by atoms with Crippen LogP contribution in [0.15, 0.2) is 29.1 Å². The zero-order valence-electron chi connectivity index (χ0n) is 10.9. The minimum absolute atomic E-state index is 0.110. The van der Waals surface area contributed by atoms with Gasteiger partial charge in [0.15, 0.2) is 5.69 Å². The maximum absolute atomic E-state index is 11.7. The number of carboxylic acids is 1. The molecule has 0 saturated heterocycles. The van der Waals surface area contributed by atoms with Gasteiger partial charge in [-0.05, 0) is 23.5 Å². The average Bonchev–Trinajstić information content (AvgIpc) is 2.71. The Balaban J connectivity index is 2.40. The number of carboxylic acid groups (broad SMARTS) is 1. The van der Waals surface area contributed by atoms with E-state index in [2.05, 4.69) is 24.0 Å². The Morgan fingerprint density at radius 2 is 1.84 bits per heavy atom. The zero-order chi connectivity index (χ0) is 14.0. The van der Waals surface area contributed by atoms with Crippen molar-refractivity contribution in [2.75, 3.05) is 0 Å². The highest BCUT2D eigenvalue weighted by atomic mass is 16.4. The van der Waals surface area contributed by atoms with Crippen molar-refractivity contribution in [1.82, 2.24) is 10.2 Å². The van der Waals surface area contributed by atoms with E-state index in [0.29, 0.717) is 11.5 Å². The molecule has 2 rings (SSSR count). The standard InChI is InChI=1S/C14H16N2O3/c1-8(2)7-9-3-5-10(6-4-9)11-12(14(18)19)15-16-13(11)17/h3-6,8H,7H2,1-2H3,(H,18,19)(H2,15,16,17). The van der Waals surface area contributed by atoms with Crippen molar-refractivity contribution < 1.29 is 9.90 Å². The summed E-state index contributed by atoms with van der Waals surface area (Å²) in [5.74, 6) is -0.601. The minimum atomic E-state index is -1.15. The van der Waals surface area contributed by atoms with E-state index >= 15 is 0 Å². The molecule has 0 aliphatic rings. The first kappa shape index (κ1) is 13.1. The van der Waals surface area contributed by atoms with E-state index in [1.165, 1.54) is 5.56 Å². The van der Waals surface area contributed by atoms with Gasteiger partial charge in [0, 0.05) is 0 Å². The highest BCUT2D eigenvalue weighted by Gasteiger charge is 2.17. The van der Waals surface area contributed by atoms with Crippen LogP contribution in [-0.2, 0) is 6.42 Å². The number of aromatic carboxylic acids is 1. The van der Waals surface area contributed by atoms with Crippen molar-refractivity contribution in [2.45, 2.75) is 20.3 Å². The van der Waals surface area contributed by atoms with Crippen LogP contribution in [0.25, 0.3) is 11.1 Å². The number of benzene rings is 1. The van der Waals surface area contributed by atoms with Gasteiger partial charge in [-0.3, -0.25) is 15.0 Å². The summed E-state index contributed by atoms with van der Waals surface area (Å²) in [6.45, 7) is 4.26. The van der Waals surface area contributed by atoms with Gasteiger partial charge in [-0.1, -0.05) is 38.1 Å². The summed E-state index contributed by atoms with van der Waals surface area (Å²) in [5, 5.41) is 13.7. The second-order valence-corrected chi connectivity index (χ2v) is 4.93. The van der Waals surface area contributed by atoms with Crippen molar-refractivity contribution in [3.8, 4) is 11.1 Å². The molecule has 0 saturated carbocycles. The maximum Gasteiger partial charge on any atom is 0.354 e.